The van der Waals surface area contributed by atoms with Crippen molar-refractivity contribution >= 4 is 17.5 Å². The second-order valence-electron chi connectivity index (χ2n) is 6.75. The topological polar surface area (TPSA) is 58.6 Å². The average molecular weight is 364 g/mol. The summed E-state index contributed by atoms with van der Waals surface area (Å²) in [5.74, 6) is 0.404. The molecule has 0 unspecified atom stereocenters. The highest BCUT2D eigenvalue weighted by Gasteiger charge is 2.17. The van der Waals surface area contributed by atoms with Gasteiger partial charge in [0.25, 0.3) is 11.8 Å². The third kappa shape index (κ3) is 4.37. The van der Waals surface area contributed by atoms with E-state index in [2.05, 4.69) is 5.32 Å². The van der Waals surface area contributed by atoms with E-state index in [9.17, 15) is 9.59 Å². The van der Waals surface area contributed by atoms with E-state index in [0.29, 0.717) is 30.1 Å². The van der Waals surface area contributed by atoms with Crippen molar-refractivity contribution in [1.29, 1.82) is 0 Å². The molecule has 5 nitrogen and oxygen atoms in total. The Morgan fingerprint density at radius 1 is 1.04 bits per heavy atom. The summed E-state index contributed by atoms with van der Waals surface area (Å²) >= 11 is 0. The number of amides is 2. The van der Waals surface area contributed by atoms with E-state index >= 15 is 0 Å². The molecule has 0 aromatic heterocycles. The first-order chi connectivity index (χ1) is 13.0. The van der Waals surface area contributed by atoms with Gasteiger partial charge in [0.1, 0.15) is 5.75 Å². The summed E-state index contributed by atoms with van der Waals surface area (Å²) in [6.07, 6.45) is 3.94. The van der Waals surface area contributed by atoms with Gasteiger partial charge in [-0.2, -0.15) is 0 Å². The summed E-state index contributed by atoms with van der Waals surface area (Å²) in [5.41, 5.74) is 4.23. The highest BCUT2D eigenvalue weighted by Crippen LogP contribution is 2.21. The van der Waals surface area contributed by atoms with Gasteiger partial charge in [-0.05, 0) is 55.7 Å². The zero-order valence-corrected chi connectivity index (χ0v) is 15.9. The number of ether oxygens (including phenoxy) is 1. The van der Waals surface area contributed by atoms with Gasteiger partial charge in [0.05, 0.1) is 0 Å². The molecular formula is C22H24N2O3. The molecule has 0 bridgehead atoms. The molecule has 2 aromatic carbocycles. The van der Waals surface area contributed by atoms with Crippen molar-refractivity contribution < 1.29 is 14.3 Å². The van der Waals surface area contributed by atoms with Crippen molar-refractivity contribution in [3.05, 3.63) is 70.8 Å². The minimum Gasteiger partial charge on any atom is -0.483 e. The van der Waals surface area contributed by atoms with Crippen LogP contribution in [0.4, 0.5) is 5.69 Å². The van der Waals surface area contributed by atoms with Gasteiger partial charge in [-0.25, -0.2) is 0 Å². The monoisotopic (exact) mass is 364 g/mol. The normalized spacial score (nSPS) is 12.9. The number of anilines is 1. The molecule has 0 fully saturated rings. The molecule has 1 heterocycles. The molecular weight excluding hydrogens is 340 g/mol. The predicted octanol–water partition coefficient (Wildman–Crippen LogP) is 3.64. The summed E-state index contributed by atoms with van der Waals surface area (Å²) < 4.78 is 5.65. The lowest BCUT2D eigenvalue weighted by Crippen LogP contribution is -2.28. The predicted molar refractivity (Wildman–Crippen MR) is 106 cm³/mol. The van der Waals surface area contributed by atoms with Gasteiger partial charge in [-0.15, -0.1) is 0 Å². The van der Waals surface area contributed by atoms with Crippen LogP contribution in [0.2, 0.25) is 0 Å². The summed E-state index contributed by atoms with van der Waals surface area (Å²) in [5, 5.41) is 2.85. The average Bonchev–Trinajstić information content (AvgIpc) is 3.19. The van der Waals surface area contributed by atoms with Crippen LogP contribution in [-0.2, 0) is 4.79 Å². The lowest BCUT2D eigenvalue weighted by Gasteiger charge is -2.17. The third-order valence-electron chi connectivity index (χ3n) is 4.78. The highest BCUT2D eigenvalue weighted by atomic mass is 16.5. The number of carbonyl (C=O) groups excluding carboxylic acids is 2. The number of hydrogen-bond acceptors (Lipinski definition) is 3. The van der Waals surface area contributed by atoms with Gasteiger partial charge in [0.2, 0.25) is 0 Å². The standard InChI is InChI=1S/C22H24N2O3/c1-15-7-6-8-20(17(15)3)27-14-21(25)23-19-13-18(10-9-16(19)2)22(26)24-11-4-5-12-24/h4-10,13H,11-12,14H2,1-3H3,(H,23,25). The maximum absolute atomic E-state index is 12.5. The Hall–Kier alpha value is -3.08. The Morgan fingerprint density at radius 3 is 2.52 bits per heavy atom. The Bertz CT molecular complexity index is 894. The Labute approximate surface area is 159 Å². The largest absolute Gasteiger partial charge is 0.483 e. The van der Waals surface area contributed by atoms with Crippen molar-refractivity contribution in [1.82, 2.24) is 4.90 Å². The minimum absolute atomic E-state index is 0.0397. The van der Waals surface area contributed by atoms with Crippen molar-refractivity contribution in [2.75, 3.05) is 25.0 Å². The number of aryl methyl sites for hydroxylation is 2. The van der Waals surface area contributed by atoms with E-state index < -0.39 is 0 Å². The molecule has 2 aromatic rings. The van der Waals surface area contributed by atoms with E-state index in [0.717, 1.165) is 16.7 Å². The minimum atomic E-state index is -0.258. The van der Waals surface area contributed by atoms with Crippen LogP contribution < -0.4 is 10.1 Å². The molecule has 1 aliphatic rings. The number of hydrogen-bond donors (Lipinski definition) is 1. The lowest BCUT2D eigenvalue weighted by molar-refractivity contribution is -0.118. The van der Waals surface area contributed by atoms with Crippen molar-refractivity contribution in [2.45, 2.75) is 20.8 Å². The molecule has 140 valence electrons. The number of nitrogens with zero attached hydrogens (tertiary/aromatic N) is 1. The van der Waals surface area contributed by atoms with Gasteiger partial charge >= 0.3 is 0 Å². The van der Waals surface area contributed by atoms with E-state index in [1.807, 2.05) is 57.2 Å². The molecule has 0 saturated carbocycles. The number of benzene rings is 2. The fourth-order valence-corrected chi connectivity index (χ4v) is 2.93. The highest BCUT2D eigenvalue weighted by molar-refractivity contribution is 5.98. The first-order valence-corrected chi connectivity index (χ1v) is 8.99. The van der Waals surface area contributed by atoms with Crippen LogP contribution in [0, 0.1) is 20.8 Å². The molecule has 1 aliphatic heterocycles. The smallest absolute Gasteiger partial charge is 0.262 e. The molecule has 5 heteroatoms. The summed E-state index contributed by atoms with van der Waals surface area (Å²) in [6, 6.07) is 11.1. The second kappa shape index (κ2) is 8.08. The Balaban J connectivity index is 1.65. The maximum Gasteiger partial charge on any atom is 0.262 e. The fourth-order valence-electron chi connectivity index (χ4n) is 2.93. The van der Waals surface area contributed by atoms with Crippen LogP contribution in [0.1, 0.15) is 27.0 Å². The molecule has 1 N–H and O–H groups in total. The maximum atomic E-state index is 12.5. The molecule has 27 heavy (non-hydrogen) atoms. The van der Waals surface area contributed by atoms with Crippen LogP contribution in [-0.4, -0.2) is 36.4 Å². The molecule has 0 atom stereocenters. The number of nitrogens with one attached hydrogen (secondary N) is 1. The first kappa shape index (κ1) is 18.7. The molecule has 0 radical (unpaired) electrons. The van der Waals surface area contributed by atoms with Crippen LogP contribution in [0.3, 0.4) is 0 Å². The quantitative estimate of drug-likeness (QED) is 0.824. The van der Waals surface area contributed by atoms with Gasteiger partial charge in [-0.1, -0.05) is 30.4 Å². The van der Waals surface area contributed by atoms with Gasteiger partial charge in [0.15, 0.2) is 6.61 Å². The van der Waals surface area contributed by atoms with E-state index in [4.69, 9.17) is 4.74 Å². The molecule has 0 aliphatic carbocycles. The van der Waals surface area contributed by atoms with Gasteiger partial charge < -0.3 is 15.0 Å². The van der Waals surface area contributed by atoms with Crippen LogP contribution in [0.15, 0.2) is 48.6 Å². The van der Waals surface area contributed by atoms with Crippen LogP contribution in [0.25, 0.3) is 0 Å². The van der Waals surface area contributed by atoms with Crippen molar-refractivity contribution in [2.24, 2.45) is 0 Å². The summed E-state index contributed by atoms with van der Waals surface area (Å²) in [6.45, 7) is 7.03. The molecule has 0 saturated heterocycles. The van der Waals surface area contributed by atoms with Crippen molar-refractivity contribution in [3.63, 3.8) is 0 Å². The zero-order valence-electron chi connectivity index (χ0n) is 15.9. The van der Waals surface area contributed by atoms with Gasteiger partial charge in [-0.3, -0.25) is 9.59 Å². The van der Waals surface area contributed by atoms with E-state index in [-0.39, 0.29) is 18.4 Å². The summed E-state index contributed by atoms with van der Waals surface area (Å²) in [7, 11) is 0. The molecule has 0 spiro atoms. The number of carbonyl (C=O) groups is 2. The Morgan fingerprint density at radius 2 is 1.78 bits per heavy atom. The summed E-state index contributed by atoms with van der Waals surface area (Å²) in [4.78, 5) is 26.6. The fraction of sp³-hybridized carbons (Fsp3) is 0.273. The van der Waals surface area contributed by atoms with E-state index in [1.54, 1.807) is 17.0 Å². The molecule has 2 amide bonds. The third-order valence-corrected chi connectivity index (χ3v) is 4.78. The first-order valence-electron chi connectivity index (χ1n) is 8.99. The van der Waals surface area contributed by atoms with E-state index in [1.165, 1.54) is 0 Å². The van der Waals surface area contributed by atoms with Crippen LogP contribution in [0.5, 0.6) is 5.75 Å². The zero-order chi connectivity index (χ0) is 19.4. The van der Waals surface area contributed by atoms with Crippen molar-refractivity contribution in [3.8, 4) is 5.75 Å². The second-order valence-corrected chi connectivity index (χ2v) is 6.75. The lowest BCUT2D eigenvalue weighted by atomic mass is 10.1. The van der Waals surface area contributed by atoms with Crippen LogP contribution >= 0.6 is 0 Å². The Kier molecular flexibility index (Phi) is 5.60. The SMILES string of the molecule is Cc1ccc(C(=O)N2CC=CC2)cc1NC(=O)COc1cccc(C)c1C. The number of rotatable bonds is 5. The molecule has 3 rings (SSSR count). The van der Waals surface area contributed by atoms with Gasteiger partial charge in [0, 0.05) is 24.3 Å².